The van der Waals surface area contributed by atoms with Gasteiger partial charge in [0.15, 0.2) is 0 Å². The summed E-state index contributed by atoms with van der Waals surface area (Å²) in [6, 6.07) is 0. The lowest BCUT2D eigenvalue weighted by Gasteiger charge is -2.54. The van der Waals surface area contributed by atoms with Crippen LogP contribution in [-0.2, 0) is 0 Å². The Morgan fingerprint density at radius 2 is 2.04 bits per heavy atom. The third kappa shape index (κ3) is 1.96. The van der Waals surface area contributed by atoms with Crippen molar-refractivity contribution < 1.29 is 10.2 Å². The van der Waals surface area contributed by atoms with Gasteiger partial charge in [0.1, 0.15) is 5.60 Å². The van der Waals surface area contributed by atoms with Crippen LogP contribution in [0.2, 0.25) is 0 Å². The normalized spacial score (nSPS) is 55.2. The highest BCUT2D eigenvalue weighted by Crippen LogP contribution is 2.65. The topological polar surface area (TPSA) is 40.5 Å². The largest absolute Gasteiger partial charge is 0.393 e. The van der Waals surface area contributed by atoms with Crippen LogP contribution in [0.4, 0.5) is 0 Å². The first-order valence-electron chi connectivity index (χ1n) is 9.48. The molecule has 0 bridgehead atoms. The van der Waals surface area contributed by atoms with Crippen molar-refractivity contribution in [3.8, 4) is 12.3 Å². The molecule has 4 rings (SSSR count). The summed E-state index contributed by atoms with van der Waals surface area (Å²) in [5, 5.41) is 21.2. The molecule has 3 fully saturated rings. The fraction of sp³-hybridized carbons (Fsp3) is 0.810. The van der Waals surface area contributed by atoms with Gasteiger partial charge in [-0.15, -0.1) is 6.42 Å². The smallest absolute Gasteiger partial charge is 0.133 e. The highest BCUT2D eigenvalue weighted by atomic mass is 16.3. The molecule has 0 heterocycles. The molecule has 0 spiro atoms. The van der Waals surface area contributed by atoms with Crippen LogP contribution in [0.1, 0.15) is 58.8 Å². The van der Waals surface area contributed by atoms with Gasteiger partial charge in [0.2, 0.25) is 0 Å². The molecule has 23 heavy (non-hydrogen) atoms. The maximum absolute atomic E-state index is 11.2. The number of allylic oxidation sites excluding steroid dienone is 1. The molecule has 8 atom stereocenters. The Bertz CT molecular complexity index is 573. The van der Waals surface area contributed by atoms with E-state index in [2.05, 4.69) is 25.8 Å². The van der Waals surface area contributed by atoms with E-state index in [1.54, 1.807) is 0 Å². The van der Waals surface area contributed by atoms with Gasteiger partial charge < -0.3 is 10.2 Å². The molecule has 0 saturated heterocycles. The molecule has 4 aliphatic rings. The molecule has 4 aliphatic carbocycles. The van der Waals surface area contributed by atoms with E-state index in [1.165, 1.54) is 12.0 Å². The van der Waals surface area contributed by atoms with Crippen LogP contribution in [0.25, 0.3) is 0 Å². The van der Waals surface area contributed by atoms with Crippen molar-refractivity contribution in [1.29, 1.82) is 0 Å². The molecule has 0 aromatic carbocycles. The molecule has 0 aliphatic heterocycles. The van der Waals surface area contributed by atoms with E-state index in [0.29, 0.717) is 17.8 Å². The molecule has 0 aromatic rings. The van der Waals surface area contributed by atoms with Crippen molar-refractivity contribution in [1.82, 2.24) is 0 Å². The van der Waals surface area contributed by atoms with E-state index in [4.69, 9.17) is 6.42 Å². The highest BCUT2D eigenvalue weighted by molar-refractivity contribution is 5.27. The standard InChI is InChI=1S/C21H30O2/c1-4-21(23)13(2)11-19-18-7-5-14-12-15(22)6-8-16(14)17(18)9-10-20(19,21)3/h1,5,13,15-19,22-23H,6-12H2,2-3H3/t13-,15+,16-,17?,18?,19?,20-,21-/m0/s1. The van der Waals surface area contributed by atoms with Gasteiger partial charge in [-0.25, -0.2) is 0 Å². The second kappa shape index (κ2) is 5.11. The summed E-state index contributed by atoms with van der Waals surface area (Å²) in [6.07, 6.45) is 15.5. The second-order valence-electron chi connectivity index (χ2n) is 8.99. The molecular formula is C21H30O2. The van der Waals surface area contributed by atoms with Crippen molar-refractivity contribution in [3.63, 3.8) is 0 Å². The third-order valence-corrected chi connectivity index (χ3v) is 8.22. The first-order valence-corrected chi connectivity index (χ1v) is 9.48. The monoisotopic (exact) mass is 314 g/mol. The Kier molecular flexibility index (Phi) is 3.49. The van der Waals surface area contributed by atoms with Crippen LogP contribution < -0.4 is 0 Å². The Morgan fingerprint density at radius 3 is 2.78 bits per heavy atom. The van der Waals surface area contributed by atoms with Crippen LogP contribution >= 0.6 is 0 Å². The number of terminal acetylenes is 1. The minimum atomic E-state index is -0.935. The predicted molar refractivity (Wildman–Crippen MR) is 91.4 cm³/mol. The summed E-state index contributed by atoms with van der Waals surface area (Å²) in [7, 11) is 0. The fourth-order valence-electron chi connectivity index (χ4n) is 6.90. The van der Waals surface area contributed by atoms with Crippen LogP contribution in [0.5, 0.6) is 0 Å². The lowest BCUT2D eigenvalue weighted by Crippen LogP contribution is -2.53. The van der Waals surface area contributed by atoms with Gasteiger partial charge in [0.05, 0.1) is 6.10 Å². The quantitative estimate of drug-likeness (QED) is 0.530. The zero-order valence-electron chi connectivity index (χ0n) is 14.5. The molecule has 3 saturated carbocycles. The molecule has 3 unspecified atom stereocenters. The van der Waals surface area contributed by atoms with Gasteiger partial charge >= 0.3 is 0 Å². The average Bonchev–Trinajstić information content (AvgIpc) is 2.75. The minimum absolute atomic E-state index is 0.123. The van der Waals surface area contributed by atoms with Gasteiger partial charge in [-0.1, -0.05) is 31.4 Å². The van der Waals surface area contributed by atoms with E-state index in [1.807, 2.05) is 0 Å². The Balaban J connectivity index is 1.67. The lowest BCUT2D eigenvalue weighted by atomic mass is 9.51. The maximum Gasteiger partial charge on any atom is 0.133 e. The van der Waals surface area contributed by atoms with Gasteiger partial charge in [-0.2, -0.15) is 0 Å². The lowest BCUT2D eigenvalue weighted by molar-refractivity contribution is -0.0925. The van der Waals surface area contributed by atoms with E-state index >= 15 is 0 Å². The number of aliphatic hydroxyl groups is 2. The summed E-state index contributed by atoms with van der Waals surface area (Å²) < 4.78 is 0. The summed E-state index contributed by atoms with van der Waals surface area (Å²) in [5.41, 5.74) is 0.462. The van der Waals surface area contributed by atoms with Crippen molar-refractivity contribution >= 4 is 0 Å². The first-order chi connectivity index (χ1) is 10.9. The molecule has 2 heteroatoms. The van der Waals surface area contributed by atoms with Crippen LogP contribution in [-0.4, -0.2) is 21.9 Å². The van der Waals surface area contributed by atoms with Crippen LogP contribution in [0.3, 0.4) is 0 Å². The minimum Gasteiger partial charge on any atom is -0.393 e. The Morgan fingerprint density at radius 1 is 1.26 bits per heavy atom. The summed E-state index contributed by atoms with van der Waals surface area (Å²) >= 11 is 0. The number of aliphatic hydroxyl groups excluding tert-OH is 1. The van der Waals surface area contributed by atoms with Gasteiger partial charge in [-0.05, 0) is 74.5 Å². The molecule has 0 radical (unpaired) electrons. The molecule has 0 aromatic heterocycles. The fourth-order valence-corrected chi connectivity index (χ4v) is 6.90. The molecular weight excluding hydrogens is 284 g/mol. The highest BCUT2D eigenvalue weighted by Gasteiger charge is 2.64. The average molecular weight is 314 g/mol. The van der Waals surface area contributed by atoms with E-state index < -0.39 is 5.60 Å². The maximum atomic E-state index is 11.2. The van der Waals surface area contributed by atoms with E-state index in [0.717, 1.165) is 44.4 Å². The first kappa shape index (κ1) is 15.7. The number of hydrogen-bond donors (Lipinski definition) is 2. The predicted octanol–water partition coefficient (Wildman–Crippen LogP) is 3.53. The summed E-state index contributed by atoms with van der Waals surface area (Å²) in [5.74, 6) is 5.62. The number of fused-ring (bicyclic) bond motifs is 5. The van der Waals surface area contributed by atoms with Crippen LogP contribution in [0.15, 0.2) is 11.6 Å². The molecule has 0 amide bonds. The summed E-state index contributed by atoms with van der Waals surface area (Å²) in [6.45, 7) is 4.39. The molecule has 2 N–H and O–H groups in total. The zero-order valence-corrected chi connectivity index (χ0v) is 14.5. The van der Waals surface area contributed by atoms with Gasteiger partial charge in [0, 0.05) is 5.41 Å². The molecule has 2 nitrogen and oxygen atoms in total. The number of hydrogen-bond acceptors (Lipinski definition) is 2. The Hall–Kier alpha value is -0.780. The summed E-state index contributed by atoms with van der Waals surface area (Å²) in [4.78, 5) is 0. The third-order valence-electron chi connectivity index (χ3n) is 8.22. The van der Waals surface area contributed by atoms with E-state index in [9.17, 15) is 10.2 Å². The molecule has 126 valence electrons. The Labute approximate surface area is 140 Å². The van der Waals surface area contributed by atoms with Gasteiger partial charge in [-0.3, -0.25) is 0 Å². The van der Waals surface area contributed by atoms with Crippen molar-refractivity contribution in [2.45, 2.75) is 70.5 Å². The van der Waals surface area contributed by atoms with E-state index in [-0.39, 0.29) is 17.4 Å². The number of rotatable bonds is 0. The van der Waals surface area contributed by atoms with Gasteiger partial charge in [0.25, 0.3) is 0 Å². The zero-order chi connectivity index (χ0) is 16.4. The second-order valence-corrected chi connectivity index (χ2v) is 8.99. The van der Waals surface area contributed by atoms with Crippen LogP contribution in [0, 0.1) is 47.3 Å². The van der Waals surface area contributed by atoms with Crippen molar-refractivity contribution in [2.24, 2.45) is 35.0 Å². The SMILES string of the molecule is C#C[C@]1(O)[C@@H](C)CC2C3CC=C4C[C@H](O)CC[C@@H]4C3CC[C@@]21C. The van der Waals surface area contributed by atoms with Crippen molar-refractivity contribution in [3.05, 3.63) is 11.6 Å². The van der Waals surface area contributed by atoms with Crippen molar-refractivity contribution in [2.75, 3.05) is 0 Å².